The number of rotatable bonds is 3. The number of β-amino-alcohol motifs (C(OH)–C–C–N with tert-alkyl or cyclic N) is 1. The van der Waals surface area contributed by atoms with Gasteiger partial charge in [-0.3, -0.25) is 4.90 Å². The van der Waals surface area contributed by atoms with Crippen LogP contribution in [0.1, 0.15) is 31.4 Å². The average Bonchev–Trinajstić information content (AvgIpc) is 2.68. The van der Waals surface area contributed by atoms with Gasteiger partial charge in [-0.2, -0.15) is 0 Å². The number of hydrogen-bond acceptors (Lipinski definition) is 2. The molecule has 1 aromatic carbocycles. The van der Waals surface area contributed by atoms with Gasteiger partial charge in [0.05, 0.1) is 6.10 Å². The molecule has 15 heavy (non-hydrogen) atoms. The van der Waals surface area contributed by atoms with Gasteiger partial charge < -0.3 is 5.11 Å². The quantitative estimate of drug-likeness (QED) is 0.817. The van der Waals surface area contributed by atoms with Crippen molar-refractivity contribution in [3.05, 3.63) is 35.9 Å². The van der Waals surface area contributed by atoms with Crippen molar-refractivity contribution in [1.29, 1.82) is 0 Å². The molecule has 1 heterocycles. The van der Waals surface area contributed by atoms with Crippen molar-refractivity contribution >= 4 is 0 Å². The summed E-state index contributed by atoms with van der Waals surface area (Å²) in [5.41, 5.74) is 1.37. The highest BCUT2D eigenvalue weighted by Crippen LogP contribution is 2.27. The topological polar surface area (TPSA) is 23.5 Å². The van der Waals surface area contributed by atoms with E-state index in [1.54, 1.807) is 0 Å². The van der Waals surface area contributed by atoms with E-state index in [4.69, 9.17) is 0 Å². The van der Waals surface area contributed by atoms with Crippen molar-refractivity contribution in [1.82, 2.24) is 4.90 Å². The first-order valence-electron chi connectivity index (χ1n) is 5.78. The van der Waals surface area contributed by atoms with Gasteiger partial charge >= 0.3 is 0 Å². The van der Waals surface area contributed by atoms with E-state index in [1.807, 2.05) is 0 Å². The van der Waals surface area contributed by atoms with Crippen LogP contribution >= 0.6 is 0 Å². The fourth-order valence-corrected chi connectivity index (χ4v) is 2.43. The molecule has 2 heteroatoms. The highest BCUT2D eigenvalue weighted by Gasteiger charge is 2.26. The second-order valence-corrected chi connectivity index (χ2v) is 4.27. The molecule has 2 rings (SSSR count). The zero-order valence-electron chi connectivity index (χ0n) is 9.26. The standard InChI is InChI=1S/C13H19NO/c1-2-13(11-6-4-3-5-7-11)14-9-8-12(15)10-14/h3-7,12-13,15H,2,8-10H2,1H3/t12-,13?/m1/s1. The zero-order valence-corrected chi connectivity index (χ0v) is 9.26. The van der Waals surface area contributed by atoms with Crippen LogP contribution in [0, 0.1) is 0 Å². The Labute approximate surface area is 91.5 Å². The summed E-state index contributed by atoms with van der Waals surface area (Å²) in [4.78, 5) is 2.39. The minimum Gasteiger partial charge on any atom is -0.392 e. The molecule has 82 valence electrons. The molecule has 2 atom stereocenters. The lowest BCUT2D eigenvalue weighted by Gasteiger charge is -2.26. The fourth-order valence-electron chi connectivity index (χ4n) is 2.43. The molecule has 2 nitrogen and oxygen atoms in total. The Morgan fingerprint density at radius 3 is 2.67 bits per heavy atom. The molecular formula is C13H19NO. The van der Waals surface area contributed by atoms with Crippen molar-refractivity contribution in [2.75, 3.05) is 13.1 Å². The predicted octanol–water partition coefficient (Wildman–Crippen LogP) is 2.20. The molecule has 0 aromatic heterocycles. The Morgan fingerprint density at radius 1 is 1.40 bits per heavy atom. The average molecular weight is 205 g/mol. The fraction of sp³-hybridized carbons (Fsp3) is 0.538. The van der Waals surface area contributed by atoms with Gasteiger partial charge in [-0.05, 0) is 18.4 Å². The Hall–Kier alpha value is -0.860. The van der Waals surface area contributed by atoms with Crippen LogP contribution in [0.25, 0.3) is 0 Å². The molecule has 1 aliphatic heterocycles. The highest BCUT2D eigenvalue weighted by molar-refractivity contribution is 5.19. The van der Waals surface area contributed by atoms with E-state index in [0.717, 1.165) is 25.9 Å². The Morgan fingerprint density at radius 2 is 2.13 bits per heavy atom. The first-order chi connectivity index (χ1) is 7.31. The Bertz CT molecular complexity index is 299. The summed E-state index contributed by atoms with van der Waals surface area (Å²) in [5.74, 6) is 0. The van der Waals surface area contributed by atoms with Gasteiger partial charge in [-0.25, -0.2) is 0 Å². The van der Waals surface area contributed by atoms with Gasteiger partial charge in [0.1, 0.15) is 0 Å². The summed E-state index contributed by atoms with van der Waals surface area (Å²) in [6, 6.07) is 11.1. The number of benzene rings is 1. The number of aliphatic hydroxyl groups is 1. The molecule has 1 aromatic rings. The zero-order chi connectivity index (χ0) is 10.7. The van der Waals surface area contributed by atoms with Crippen LogP contribution in [-0.4, -0.2) is 29.2 Å². The summed E-state index contributed by atoms with van der Waals surface area (Å²) in [6.07, 6.45) is 1.91. The maximum atomic E-state index is 9.55. The van der Waals surface area contributed by atoms with E-state index in [2.05, 4.69) is 42.2 Å². The van der Waals surface area contributed by atoms with Gasteiger partial charge in [0.15, 0.2) is 0 Å². The van der Waals surface area contributed by atoms with Gasteiger partial charge in [0.2, 0.25) is 0 Å². The van der Waals surface area contributed by atoms with Gasteiger partial charge in [0, 0.05) is 19.1 Å². The van der Waals surface area contributed by atoms with Crippen LogP contribution in [0.15, 0.2) is 30.3 Å². The monoisotopic (exact) mass is 205 g/mol. The molecule has 1 fully saturated rings. The van der Waals surface area contributed by atoms with Crippen LogP contribution in [0.5, 0.6) is 0 Å². The smallest absolute Gasteiger partial charge is 0.0679 e. The van der Waals surface area contributed by atoms with E-state index < -0.39 is 0 Å². The molecule has 1 unspecified atom stereocenters. The van der Waals surface area contributed by atoms with Crippen LogP contribution in [-0.2, 0) is 0 Å². The molecule has 1 saturated heterocycles. The summed E-state index contributed by atoms with van der Waals surface area (Å²) in [6.45, 7) is 4.06. The van der Waals surface area contributed by atoms with Crippen LogP contribution in [0.3, 0.4) is 0 Å². The third-order valence-corrected chi connectivity index (χ3v) is 3.21. The summed E-state index contributed by atoms with van der Waals surface area (Å²) >= 11 is 0. The molecule has 0 amide bonds. The van der Waals surface area contributed by atoms with Crippen molar-refractivity contribution in [2.24, 2.45) is 0 Å². The van der Waals surface area contributed by atoms with Crippen molar-refractivity contribution in [3.63, 3.8) is 0 Å². The molecule has 0 spiro atoms. The van der Waals surface area contributed by atoms with Gasteiger partial charge in [0.25, 0.3) is 0 Å². The van der Waals surface area contributed by atoms with Gasteiger partial charge in [-0.1, -0.05) is 37.3 Å². The van der Waals surface area contributed by atoms with E-state index in [-0.39, 0.29) is 6.10 Å². The third-order valence-electron chi connectivity index (χ3n) is 3.21. The van der Waals surface area contributed by atoms with E-state index in [0.29, 0.717) is 6.04 Å². The van der Waals surface area contributed by atoms with Crippen molar-refractivity contribution < 1.29 is 5.11 Å². The maximum absolute atomic E-state index is 9.55. The number of aliphatic hydroxyl groups excluding tert-OH is 1. The highest BCUT2D eigenvalue weighted by atomic mass is 16.3. The first-order valence-corrected chi connectivity index (χ1v) is 5.78. The summed E-state index contributed by atoms with van der Waals surface area (Å²) in [5, 5.41) is 9.55. The SMILES string of the molecule is CCC(c1ccccc1)N1CC[C@@H](O)C1. The summed E-state index contributed by atoms with van der Waals surface area (Å²) < 4.78 is 0. The van der Waals surface area contributed by atoms with E-state index >= 15 is 0 Å². The second-order valence-electron chi connectivity index (χ2n) is 4.27. The predicted molar refractivity (Wildman–Crippen MR) is 61.7 cm³/mol. The lowest BCUT2D eigenvalue weighted by atomic mass is 10.0. The maximum Gasteiger partial charge on any atom is 0.0679 e. The van der Waals surface area contributed by atoms with E-state index in [1.165, 1.54) is 5.56 Å². The largest absolute Gasteiger partial charge is 0.392 e. The van der Waals surface area contributed by atoms with Crippen LogP contribution < -0.4 is 0 Å². The number of likely N-dealkylation sites (tertiary alicyclic amines) is 1. The van der Waals surface area contributed by atoms with Crippen molar-refractivity contribution in [2.45, 2.75) is 31.9 Å². The van der Waals surface area contributed by atoms with Crippen LogP contribution in [0.2, 0.25) is 0 Å². The molecule has 0 bridgehead atoms. The number of nitrogens with zero attached hydrogens (tertiary/aromatic N) is 1. The third kappa shape index (κ3) is 2.39. The Kier molecular flexibility index (Phi) is 3.39. The molecule has 0 aliphatic carbocycles. The molecular weight excluding hydrogens is 186 g/mol. The van der Waals surface area contributed by atoms with E-state index in [9.17, 15) is 5.11 Å². The van der Waals surface area contributed by atoms with Crippen LogP contribution in [0.4, 0.5) is 0 Å². The second kappa shape index (κ2) is 4.77. The lowest BCUT2D eigenvalue weighted by molar-refractivity contribution is 0.157. The summed E-state index contributed by atoms with van der Waals surface area (Å²) in [7, 11) is 0. The minimum absolute atomic E-state index is 0.122. The molecule has 1 N–H and O–H groups in total. The van der Waals surface area contributed by atoms with Gasteiger partial charge in [-0.15, -0.1) is 0 Å². The molecule has 0 radical (unpaired) electrons. The molecule has 1 aliphatic rings. The molecule has 0 saturated carbocycles. The van der Waals surface area contributed by atoms with Crippen molar-refractivity contribution in [3.8, 4) is 0 Å². The normalized spacial score (nSPS) is 24.3. The minimum atomic E-state index is -0.122. The number of hydrogen-bond donors (Lipinski definition) is 1. The lowest BCUT2D eigenvalue weighted by Crippen LogP contribution is -2.27. The first kappa shape index (κ1) is 10.7. The Balaban J connectivity index is 2.11.